The molecule has 0 unspecified atom stereocenters. The first-order chi connectivity index (χ1) is 16.1. The summed E-state index contributed by atoms with van der Waals surface area (Å²) in [6.45, 7) is 4.80. The molecule has 4 rings (SSSR count). The van der Waals surface area contributed by atoms with Crippen LogP contribution in [-0.4, -0.2) is 17.1 Å². The first-order valence-electron chi connectivity index (χ1n) is 11.3. The number of nitrogens with zero attached hydrogens (tertiary/aromatic N) is 1. The quantitative estimate of drug-likeness (QED) is 0.288. The van der Waals surface area contributed by atoms with Gasteiger partial charge in [-0.2, -0.15) is 0 Å². The number of benzene rings is 3. The van der Waals surface area contributed by atoms with Gasteiger partial charge >= 0.3 is 5.97 Å². The van der Waals surface area contributed by atoms with Gasteiger partial charge in [-0.15, -0.1) is 0 Å². The number of rotatable bonds is 8. The molecule has 1 aromatic heterocycles. The van der Waals surface area contributed by atoms with E-state index in [1.807, 2.05) is 50.2 Å². The lowest BCUT2D eigenvalue weighted by Gasteiger charge is -2.14. The monoisotopic (exact) mass is 441 g/mol. The number of aromatic nitrogens is 1. The molecular formula is C29H28FNO2. The van der Waals surface area contributed by atoms with Gasteiger partial charge in [-0.05, 0) is 49.1 Å². The van der Waals surface area contributed by atoms with E-state index in [0.29, 0.717) is 18.6 Å². The molecule has 1 heterocycles. The van der Waals surface area contributed by atoms with E-state index in [0.717, 1.165) is 41.0 Å². The second-order valence-corrected chi connectivity index (χ2v) is 8.06. The molecule has 0 aliphatic rings. The average Bonchev–Trinajstić information content (AvgIpc) is 3.10. The third kappa shape index (κ3) is 5.06. The van der Waals surface area contributed by atoms with Crippen molar-refractivity contribution in [2.24, 2.45) is 0 Å². The Kier molecular flexibility index (Phi) is 7.04. The van der Waals surface area contributed by atoms with Crippen molar-refractivity contribution in [3.8, 4) is 11.1 Å². The Morgan fingerprint density at radius 2 is 1.48 bits per heavy atom. The molecule has 0 radical (unpaired) electrons. The van der Waals surface area contributed by atoms with Gasteiger partial charge in [0.1, 0.15) is 5.82 Å². The SMILES string of the molecule is CCOC(=O)c1c(-c2ccc(F)cc2)c(Cc2ccccc2)n(CCc2ccccc2)c1C. The van der Waals surface area contributed by atoms with Crippen molar-refractivity contribution in [2.45, 2.75) is 33.2 Å². The van der Waals surface area contributed by atoms with Crippen molar-refractivity contribution in [3.63, 3.8) is 0 Å². The van der Waals surface area contributed by atoms with E-state index < -0.39 is 0 Å². The summed E-state index contributed by atoms with van der Waals surface area (Å²) in [4.78, 5) is 13.1. The van der Waals surface area contributed by atoms with E-state index in [-0.39, 0.29) is 11.8 Å². The van der Waals surface area contributed by atoms with Gasteiger partial charge in [0, 0.05) is 29.9 Å². The topological polar surface area (TPSA) is 31.2 Å². The Balaban J connectivity index is 1.88. The number of hydrogen-bond acceptors (Lipinski definition) is 2. The fourth-order valence-corrected chi connectivity index (χ4v) is 4.34. The van der Waals surface area contributed by atoms with Crippen molar-refractivity contribution >= 4 is 5.97 Å². The smallest absolute Gasteiger partial charge is 0.340 e. The summed E-state index contributed by atoms with van der Waals surface area (Å²) in [5, 5.41) is 0. The third-order valence-electron chi connectivity index (χ3n) is 5.92. The van der Waals surface area contributed by atoms with Crippen molar-refractivity contribution in [2.75, 3.05) is 6.61 Å². The van der Waals surface area contributed by atoms with Crippen LogP contribution in [0, 0.1) is 12.7 Å². The van der Waals surface area contributed by atoms with E-state index in [2.05, 4.69) is 28.8 Å². The maximum absolute atomic E-state index is 13.7. The van der Waals surface area contributed by atoms with E-state index >= 15 is 0 Å². The molecule has 0 saturated heterocycles. The molecule has 0 saturated carbocycles. The maximum atomic E-state index is 13.7. The van der Waals surface area contributed by atoms with Crippen LogP contribution in [0.15, 0.2) is 84.9 Å². The Bertz CT molecular complexity index is 1210. The van der Waals surface area contributed by atoms with Crippen LogP contribution < -0.4 is 0 Å². The molecule has 4 heteroatoms. The Hall–Kier alpha value is -3.66. The van der Waals surface area contributed by atoms with Gasteiger partial charge in [-0.25, -0.2) is 9.18 Å². The molecule has 33 heavy (non-hydrogen) atoms. The number of carbonyl (C=O) groups excluding carboxylic acids is 1. The summed E-state index contributed by atoms with van der Waals surface area (Å²) >= 11 is 0. The molecule has 4 aromatic rings. The van der Waals surface area contributed by atoms with Crippen LogP contribution >= 0.6 is 0 Å². The molecule has 3 nitrogen and oxygen atoms in total. The second-order valence-electron chi connectivity index (χ2n) is 8.06. The van der Waals surface area contributed by atoms with Crippen LogP contribution in [0.25, 0.3) is 11.1 Å². The fourth-order valence-electron chi connectivity index (χ4n) is 4.34. The minimum absolute atomic E-state index is 0.296. The zero-order valence-corrected chi connectivity index (χ0v) is 19.1. The van der Waals surface area contributed by atoms with Crippen LogP contribution in [0.2, 0.25) is 0 Å². The maximum Gasteiger partial charge on any atom is 0.340 e. The largest absolute Gasteiger partial charge is 0.462 e. The summed E-state index contributed by atoms with van der Waals surface area (Å²) in [6.07, 6.45) is 1.49. The summed E-state index contributed by atoms with van der Waals surface area (Å²) in [6, 6.07) is 26.9. The van der Waals surface area contributed by atoms with E-state index in [1.165, 1.54) is 17.7 Å². The molecule has 168 valence electrons. The second kappa shape index (κ2) is 10.3. The number of esters is 1. The van der Waals surface area contributed by atoms with Gasteiger partial charge in [-0.3, -0.25) is 0 Å². The number of aryl methyl sites for hydroxylation is 1. The normalized spacial score (nSPS) is 10.9. The summed E-state index contributed by atoms with van der Waals surface area (Å²) in [7, 11) is 0. The molecule has 0 fully saturated rings. The van der Waals surface area contributed by atoms with Gasteiger partial charge in [0.05, 0.1) is 12.2 Å². The van der Waals surface area contributed by atoms with Crippen LogP contribution in [-0.2, 0) is 24.1 Å². The fraction of sp³-hybridized carbons (Fsp3) is 0.207. The van der Waals surface area contributed by atoms with E-state index in [9.17, 15) is 9.18 Å². The average molecular weight is 442 g/mol. The van der Waals surface area contributed by atoms with Gasteiger partial charge in [0.2, 0.25) is 0 Å². The predicted molar refractivity (Wildman–Crippen MR) is 130 cm³/mol. The van der Waals surface area contributed by atoms with Crippen molar-refractivity contribution in [1.82, 2.24) is 4.57 Å². The van der Waals surface area contributed by atoms with Gasteiger partial charge in [0.15, 0.2) is 0 Å². The standard InChI is InChI=1S/C29H28FNO2/c1-3-33-29(32)27-21(2)31(19-18-22-10-6-4-7-11-22)26(20-23-12-8-5-9-13-23)28(27)24-14-16-25(30)17-15-24/h4-17H,3,18-20H2,1-2H3. The highest BCUT2D eigenvalue weighted by atomic mass is 19.1. The van der Waals surface area contributed by atoms with Gasteiger partial charge in [0.25, 0.3) is 0 Å². The Morgan fingerprint density at radius 3 is 2.09 bits per heavy atom. The first kappa shape index (κ1) is 22.5. The summed E-state index contributed by atoms with van der Waals surface area (Å²) < 4.78 is 21.4. The van der Waals surface area contributed by atoms with E-state index in [1.54, 1.807) is 12.1 Å². The Morgan fingerprint density at radius 1 is 0.879 bits per heavy atom. The summed E-state index contributed by atoms with van der Waals surface area (Å²) in [5.74, 6) is -0.650. The van der Waals surface area contributed by atoms with Crippen LogP contribution in [0.4, 0.5) is 4.39 Å². The molecule has 0 spiro atoms. The highest BCUT2D eigenvalue weighted by Gasteiger charge is 2.27. The van der Waals surface area contributed by atoms with Gasteiger partial charge in [-0.1, -0.05) is 72.8 Å². The lowest BCUT2D eigenvalue weighted by molar-refractivity contribution is 0.0526. The minimum atomic E-state index is -0.345. The molecule has 0 atom stereocenters. The molecular weight excluding hydrogens is 413 g/mol. The number of hydrogen-bond donors (Lipinski definition) is 0. The first-order valence-corrected chi connectivity index (χ1v) is 11.3. The number of ether oxygens (including phenoxy) is 1. The number of carbonyl (C=O) groups is 1. The third-order valence-corrected chi connectivity index (χ3v) is 5.92. The van der Waals surface area contributed by atoms with Crippen LogP contribution in [0.1, 0.15) is 39.8 Å². The molecule has 3 aromatic carbocycles. The molecule has 0 bridgehead atoms. The highest BCUT2D eigenvalue weighted by Crippen LogP contribution is 2.35. The van der Waals surface area contributed by atoms with Gasteiger partial charge < -0.3 is 9.30 Å². The van der Waals surface area contributed by atoms with Crippen LogP contribution in [0.5, 0.6) is 0 Å². The molecule has 0 aliphatic heterocycles. The minimum Gasteiger partial charge on any atom is -0.462 e. The predicted octanol–water partition coefficient (Wildman–Crippen LogP) is 6.61. The van der Waals surface area contributed by atoms with Crippen LogP contribution in [0.3, 0.4) is 0 Å². The van der Waals surface area contributed by atoms with Crippen molar-refractivity contribution in [1.29, 1.82) is 0 Å². The van der Waals surface area contributed by atoms with Crippen molar-refractivity contribution < 1.29 is 13.9 Å². The zero-order valence-electron chi connectivity index (χ0n) is 19.1. The lowest BCUT2D eigenvalue weighted by Crippen LogP contribution is -2.10. The Labute approximate surface area is 194 Å². The lowest BCUT2D eigenvalue weighted by atomic mass is 9.97. The van der Waals surface area contributed by atoms with E-state index in [4.69, 9.17) is 4.74 Å². The highest BCUT2D eigenvalue weighted by molar-refractivity contribution is 6.00. The van der Waals surface area contributed by atoms with Crippen molar-refractivity contribution in [3.05, 3.63) is 119 Å². The number of halogens is 1. The molecule has 0 N–H and O–H groups in total. The summed E-state index contributed by atoms with van der Waals surface area (Å²) in [5.41, 5.74) is 6.48. The molecule has 0 aliphatic carbocycles. The molecule has 0 amide bonds. The zero-order chi connectivity index (χ0) is 23.2.